The number of aliphatic hydroxyl groups excluding tert-OH is 1. The summed E-state index contributed by atoms with van der Waals surface area (Å²) in [6, 6.07) is 3.86. The summed E-state index contributed by atoms with van der Waals surface area (Å²) in [5.74, 6) is 1.43. The lowest BCUT2D eigenvalue weighted by atomic mass is 10.2. The number of ether oxygens (including phenoxy) is 3. The van der Waals surface area contributed by atoms with E-state index in [1.54, 1.807) is 14.2 Å². The molecule has 1 aromatic carbocycles. The Bertz CT molecular complexity index is 401. The van der Waals surface area contributed by atoms with Crippen molar-refractivity contribution in [1.82, 2.24) is 5.32 Å². The van der Waals surface area contributed by atoms with Gasteiger partial charge in [-0.1, -0.05) is 15.9 Å². The van der Waals surface area contributed by atoms with Gasteiger partial charge in [-0.05, 0) is 30.7 Å². The summed E-state index contributed by atoms with van der Waals surface area (Å²) in [6.07, 6.45) is 0.908. The molecule has 0 aliphatic carbocycles. The van der Waals surface area contributed by atoms with E-state index in [0.717, 1.165) is 35.3 Å². The van der Waals surface area contributed by atoms with Crippen LogP contribution in [0, 0.1) is 0 Å². The molecule has 0 amide bonds. The van der Waals surface area contributed by atoms with Gasteiger partial charge in [0.15, 0.2) is 11.5 Å². The van der Waals surface area contributed by atoms with Gasteiger partial charge in [0.1, 0.15) is 0 Å². The van der Waals surface area contributed by atoms with Crippen LogP contribution in [0.5, 0.6) is 11.5 Å². The first-order valence-electron chi connectivity index (χ1n) is 6.52. The molecule has 0 saturated carbocycles. The molecule has 0 aliphatic rings. The van der Waals surface area contributed by atoms with Gasteiger partial charge in [0.2, 0.25) is 0 Å². The van der Waals surface area contributed by atoms with E-state index in [-0.39, 0.29) is 6.61 Å². The van der Waals surface area contributed by atoms with Crippen LogP contribution in [0.2, 0.25) is 0 Å². The summed E-state index contributed by atoms with van der Waals surface area (Å²) in [7, 11) is 3.25. The molecule has 20 heavy (non-hydrogen) atoms. The Morgan fingerprint density at radius 2 is 1.85 bits per heavy atom. The van der Waals surface area contributed by atoms with Crippen molar-refractivity contribution in [3.05, 3.63) is 22.2 Å². The smallest absolute Gasteiger partial charge is 0.161 e. The average molecular weight is 348 g/mol. The highest BCUT2D eigenvalue weighted by Gasteiger charge is 2.09. The quantitative estimate of drug-likeness (QED) is 0.633. The molecule has 0 aromatic heterocycles. The normalized spacial score (nSPS) is 10.6. The monoisotopic (exact) mass is 347 g/mol. The lowest BCUT2D eigenvalue weighted by molar-refractivity contribution is 0.0907. The highest BCUT2D eigenvalue weighted by Crippen LogP contribution is 2.33. The molecule has 0 radical (unpaired) electrons. The third-order valence-corrected chi connectivity index (χ3v) is 3.48. The topological polar surface area (TPSA) is 60.0 Å². The summed E-state index contributed by atoms with van der Waals surface area (Å²) in [6.45, 7) is 2.72. The lowest BCUT2D eigenvalue weighted by Crippen LogP contribution is -2.17. The molecule has 0 spiro atoms. The highest BCUT2D eigenvalue weighted by molar-refractivity contribution is 9.10. The van der Waals surface area contributed by atoms with Crippen molar-refractivity contribution in [3.63, 3.8) is 0 Å². The molecular weight excluding hydrogens is 326 g/mol. The van der Waals surface area contributed by atoms with Crippen LogP contribution in [-0.2, 0) is 11.3 Å². The number of aliphatic hydroxyl groups is 1. The van der Waals surface area contributed by atoms with Crippen molar-refractivity contribution >= 4 is 15.9 Å². The van der Waals surface area contributed by atoms with Crippen LogP contribution in [0.3, 0.4) is 0 Å². The van der Waals surface area contributed by atoms with Crippen molar-refractivity contribution < 1.29 is 19.3 Å². The molecule has 6 heteroatoms. The van der Waals surface area contributed by atoms with Gasteiger partial charge in [0.25, 0.3) is 0 Å². The van der Waals surface area contributed by atoms with E-state index in [0.29, 0.717) is 19.0 Å². The van der Waals surface area contributed by atoms with Crippen molar-refractivity contribution in [2.45, 2.75) is 13.0 Å². The molecule has 0 bridgehead atoms. The molecule has 2 N–H and O–H groups in total. The molecule has 0 aliphatic heterocycles. The van der Waals surface area contributed by atoms with Crippen LogP contribution in [0.15, 0.2) is 16.6 Å². The van der Waals surface area contributed by atoms with Crippen LogP contribution >= 0.6 is 15.9 Å². The summed E-state index contributed by atoms with van der Waals surface area (Å²) in [5.41, 5.74) is 1.11. The number of methoxy groups -OCH3 is 2. The van der Waals surface area contributed by atoms with Gasteiger partial charge in [-0.25, -0.2) is 0 Å². The van der Waals surface area contributed by atoms with Crippen LogP contribution in [0.1, 0.15) is 12.0 Å². The van der Waals surface area contributed by atoms with Crippen LogP contribution in [0.4, 0.5) is 0 Å². The average Bonchev–Trinajstić information content (AvgIpc) is 2.47. The number of halogens is 1. The minimum Gasteiger partial charge on any atom is -0.493 e. The Kier molecular flexibility index (Phi) is 8.60. The van der Waals surface area contributed by atoms with Gasteiger partial charge < -0.3 is 24.6 Å². The summed E-state index contributed by atoms with van der Waals surface area (Å²) >= 11 is 3.53. The maximum Gasteiger partial charge on any atom is 0.161 e. The van der Waals surface area contributed by atoms with E-state index in [1.165, 1.54) is 0 Å². The highest BCUT2D eigenvalue weighted by atomic mass is 79.9. The fourth-order valence-electron chi connectivity index (χ4n) is 1.72. The van der Waals surface area contributed by atoms with E-state index >= 15 is 0 Å². The third kappa shape index (κ3) is 5.66. The number of rotatable bonds is 10. The minimum absolute atomic E-state index is 0.0754. The second kappa shape index (κ2) is 9.99. The van der Waals surface area contributed by atoms with E-state index in [1.807, 2.05) is 12.1 Å². The molecule has 0 unspecified atom stereocenters. The summed E-state index contributed by atoms with van der Waals surface area (Å²) < 4.78 is 16.7. The zero-order valence-electron chi connectivity index (χ0n) is 11.9. The molecule has 0 heterocycles. The second-order valence-electron chi connectivity index (χ2n) is 4.16. The first-order chi connectivity index (χ1) is 9.72. The Balaban J connectivity index is 2.40. The fourth-order valence-corrected chi connectivity index (χ4v) is 2.18. The third-order valence-electron chi connectivity index (χ3n) is 2.75. The van der Waals surface area contributed by atoms with Crippen LogP contribution in [0.25, 0.3) is 0 Å². The SMILES string of the molecule is COc1cc(Br)c(CNCCCOCCO)cc1OC. The minimum atomic E-state index is 0.0754. The number of nitrogens with one attached hydrogen (secondary N) is 1. The second-order valence-corrected chi connectivity index (χ2v) is 5.02. The first kappa shape index (κ1) is 17.2. The molecule has 114 valence electrons. The molecule has 0 atom stereocenters. The Labute approximate surface area is 128 Å². The van der Waals surface area contributed by atoms with Gasteiger partial charge >= 0.3 is 0 Å². The molecule has 1 rings (SSSR count). The van der Waals surface area contributed by atoms with Crippen molar-refractivity contribution in [3.8, 4) is 11.5 Å². The summed E-state index contributed by atoms with van der Waals surface area (Å²) in [5, 5.41) is 11.9. The van der Waals surface area contributed by atoms with Gasteiger partial charge in [0.05, 0.1) is 27.4 Å². The zero-order chi connectivity index (χ0) is 14.8. The van der Waals surface area contributed by atoms with Crippen molar-refractivity contribution in [2.75, 3.05) is 40.6 Å². The maximum atomic E-state index is 8.57. The van der Waals surface area contributed by atoms with E-state index in [2.05, 4.69) is 21.2 Å². The Hall–Kier alpha value is -0.820. The largest absolute Gasteiger partial charge is 0.493 e. The van der Waals surface area contributed by atoms with Crippen molar-refractivity contribution in [1.29, 1.82) is 0 Å². The Morgan fingerprint density at radius 3 is 2.50 bits per heavy atom. The van der Waals surface area contributed by atoms with Gasteiger partial charge in [-0.2, -0.15) is 0 Å². The maximum absolute atomic E-state index is 8.57. The molecule has 0 fully saturated rings. The van der Waals surface area contributed by atoms with Crippen LogP contribution < -0.4 is 14.8 Å². The van der Waals surface area contributed by atoms with Crippen molar-refractivity contribution in [2.24, 2.45) is 0 Å². The fraction of sp³-hybridized carbons (Fsp3) is 0.571. The molecular formula is C14H22BrNO4. The lowest BCUT2D eigenvalue weighted by Gasteiger charge is -2.12. The predicted molar refractivity (Wildman–Crippen MR) is 81.5 cm³/mol. The van der Waals surface area contributed by atoms with E-state index in [4.69, 9.17) is 19.3 Å². The summed E-state index contributed by atoms with van der Waals surface area (Å²) in [4.78, 5) is 0. The van der Waals surface area contributed by atoms with E-state index < -0.39 is 0 Å². The number of hydrogen-bond acceptors (Lipinski definition) is 5. The predicted octanol–water partition coefficient (Wildman–Crippen LogP) is 1.95. The zero-order valence-corrected chi connectivity index (χ0v) is 13.5. The standard InChI is InChI=1S/C14H22BrNO4/c1-18-13-8-11(12(15)9-14(13)19-2)10-16-4-3-6-20-7-5-17/h8-9,16-17H,3-7,10H2,1-2H3. The van der Waals surface area contributed by atoms with Gasteiger partial charge in [0, 0.05) is 17.6 Å². The van der Waals surface area contributed by atoms with Crippen LogP contribution in [-0.4, -0.2) is 45.7 Å². The van der Waals surface area contributed by atoms with Gasteiger partial charge in [-0.3, -0.25) is 0 Å². The molecule has 0 saturated heterocycles. The number of benzene rings is 1. The van der Waals surface area contributed by atoms with E-state index in [9.17, 15) is 0 Å². The number of hydrogen-bond donors (Lipinski definition) is 2. The first-order valence-corrected chi connectivity index (χ1v) is 7.32. The molecule has 5 nitrogen and oxygen atoms in total. The molecule has 1 aromatic rings. The van der Waals surface area contributed by atoms with Gasteiger partial charge in [-0.15, -0.1) is 0 Å². The Morgan fingerprint density at radius 1 is 1.15 bits per heavy atom.